The Hall–Kier alpha value is -4.23. The fraction of sp³-hybridized carbons (Fsp3) is 0.261. The standard InChI is InChI=1S/C23H22N4O6/c1-14(28)25-16-6-8-18(9-7-16)27-10-11-33-21(23(27)32)19(12-20(29)30)22(31)26-17-4-2-15(13-24)3-5-17/h2-9,19,21H,10-12H2,1H3,(H,25,28)(H,26,31)(H,29,30)/t19-,21-/m1/s1. The molecule has 2 aromatic carbocycles. The number of anilines is 3. The second kappa shape index (κ2) is 10.4. The van der Waals surface area contributed by atoms with E-state index in [0.717, 1.165) is 0 Å². The summed E-state index contributed by atoms with van der Waals surface area (Å²) >= 11 is 0. The highest BCUT2D eigenvalue weighted by Crippen LogP contribution is 2.26. The number of ether oxygens (including phenoxy) is 1. The first-order valence-electron chi connectivity index (χ1n) is 10.1. The van der Waals surface area contributed by atoms with Gasteiger partial charge >= 0.3 is 5.97 Å². The molecule has 0 aliphatic carbocycles. The summed E-state index contributed by atoms with van der Waals surface area (Å²) < 4.78 is 5.56. The lowest BCUT2D eigenvalue weighted by molar-refractivity contribution is -0.149. The zero-order valence-corrected chi connectivity index (χ0v) is 17.8. The van der Waals surface area contributed by atoms with Gasteiger partial charge < -0.3 is 25.4 Å². The number of nitrogens with one attached hydrogen (secondary N) is 2. The molecule has 170 valence electrons. The molecule has 10 heteroatoms. The van der Waals surface area contributed by atoms with E-state index in [9.17, 15) is 24.3 Å². The van der Waals surface area contributed by atoms with Gasteiger partial charge in [0.1, 0.15) is 6.10 Å². The SMILES string of the molecule is CC(=O)Nc1ccc(N2CCO[C@H]([C@@H](CC(=O)O)C(=O)Nc3ccc(C#N)cc3)C2=O)cc1. The number of morpholine rings is 1. The molecule has 2 atom stereocenters. The third-order valence-electron chi connectivity index (χ3n) is 5.00. The quantitative estimate of drug-likeness (QED) is 0.584. The minimum absolute atomic E-state index is 0.115. The number of hydrogen-bond acceptors (Lipinski definition) is 6. The van der Waals surface area contributed by atoms with Crippen LogP contribution in [0.3, 0.4) is 0 Å². The van der Waals surface area contributed by atoms with Crippen LogP contribution >= 0.6 is 0 Å². The molecule has 0 aromatic heterocycles. The maximum atomic E-state index is 13.2. The van der Waals surface area contributed by atoms with Gasteiger partial charge in [-0.2, -0.15) is 5.26 Å². The van der Waals surface area contributed by atoms with Crippen molar-refractivity contribution in [3.05, 3.63) is 54.1 Å². The van der Waals surface area contributed by atoms with Gasteiger partial charge in [-0.1, -0.05) is 0 Å². The van der Waals surface area contributed by atoms with E-state index < -0.39 is 36.2 Å². The Morgan fingerprint density at radius 2 is 1.73 bits per heavy atom. The normalized spacial score (nSPS) is 16.4. The Kier molecular flexibility index (Phi) is 7.38. The molecule has 1 heterocycles. The van der Waals surface area contributed by atoms with Crippen LogP contribution in [0, 0.1) is 17.2 Å². The summed E-state index contributed by atoms with van der Waals surface area (Å²) in [5.74, 6) is -3.96. The Morgan fingerprint density at radius 3 is 2.30 bits per heavy atom. The molecule has 0 spiro atoms. The molecule has 1 fully saturated rings. The monoisotopic (exact) mass is 450 g/mol. The van der Waals surface area contributed by atoms with Crippen LogP contribution in [-0.4, -0.2) is 48.1 Å². The van der Waals surface area contributed by atoms with Crippen molar-refractivity contribution >= 4 is 40.8 Å². The number of carbonyl (C=O) groups is 4. The summed E-state index contributed by atoms with van der Waals surface area (Å²) in [6.07, 6.45) is -1.89. The fourth-order valence-corrected chi connectivity index (χ4v) is 3.47. The fourth-order valence-electron chi connectivity index (χ4n) is 3.47. The van der Waals surface area contributed by atoms with Crippen molar-refractivity contribution in [2.24, 2.45) is 5.92 Å². The molecule has 10 nitrogen and oxygen atoms in total. The number of rotatable bonds is 7. The van der Waals surface area contributed by atoms with Gasteiger partial charge in [-0.15, -0.1) is 0 Å². The van der Waals surface area contributed by atoms with E-state index in [1.54, 1.807) is 24.3 Å². The summed E-state index contributed by atoms with van der Waals surface area (Å²) in [5.41, 5.74) is 1.86. The van der Waals surface area contributed by atoms with Gasteiger partial charge in [0, 0.05) is 30.5 Å². The molecule has 0 radical (unpaired) electrons. The number of amides is 3. The third kappa shape index (κ3) is 5.93. The first-order valence-corrected chi connectivity index (χ1v) is 10.1. The Bertz CT molecular complexity index is 1090. The summed E-state index contributed by atoms with van der Waals surface area (Å²) in [5, 5.41) is 23.5. The smallest absolute Gasteiger partial charge is 0.304 e. The van der Waals surface area contributed by atoms with E-state index in [-0.39, 0.29) is 19.1 Å². The number of benzene rings is 2. The van der Waals surface area contributed by atoms with Crippen molar-refractivity contribution < 1.29 is 29.0 Å². The van der Waals surface area contributed by atoms with Gasteiger partial charge in [0.15, 0.2) is 0 Å². The minimum Gasteiger partial charge on any atom is -0.481 e. The highest BCUT2D eigenvalue weighted by atomic mass is 16.5. The van der Waals surface area contributed by atoms with Crippen molar-refractivity contribution in [1.29, 1.82) is 5.26 Å². The van der Waals surface area contributed by atoms with Crippen LogP contribution in [-0.2, 0) is 23.9 Å². The average molecular weight is 450 g/mol. The van der Waals surface area contributed by atoms with Crippen LogP contribution in [0.25, 0.3) is 0 Å². The van der Waals surface area contributed by atoms with Crippen LogP contribution in [0.2, 0.25) is 0 Å². The molecule has 1 aliphatic rings. The number of carbonyl (C=O) groups excluding carboxylic acids is 3. The summed E-state index contributed by atoms with van der Waals surface area (Å²) in [6.45, 7) is 1.73. The molecule has 2 aromatic rings. The lowest BCUT2D eigenvalue weighted by Crippen LogP contribution is -2.53. The van der Waals surface area contributed by atoms with E-state index in [1.807, 2.05) is 6.07 Å². The van der Waals surface area contributed by atoms with Crippen molar-refractivity contribution in [3.63, 3.8) is 0 Å². The van der Waals surface area contributed by atoms with Crippen molar-refractivity contribution in [2.75, 3.05) is 28.7 Å². The molecule has 33 heavy (non-hydrogen) atoms. The largest absolute Gasteiger partial charge is 0.481 e. The van der Waals surface area contributed by atoms with Crippen molar-refractivity contribution in [1.82, 2.24) is 0 Å². The number of nitrogens with zero attached hydrogens (tertiary/aromatic N) is 2. The average Bonchev–Trinajstić information content (AvgIpc) is 2.78. The van der Waals surface area contributed by atoms with Crippen LogP contribution in [0.5, 0.6) is 0 Å². The van der Waals surface area contributed by atoms with Gasteiger partial charge in [0.05, 0.1) is 30.6 Å². The molecule has 3 rings (SSSR count). The van der Waals surface area contributed by atoms with Crippen LogP contribution in [0.15, 0.2) is 48.5 Å². The van der Waals surface area contributed by atoms with Gasteiger partial charge in [0.2, 0.25) is 11.8 Å². The highest BCUT2D eigenvalue weighted by molar-refractivity contribution is 6.04. The Balaban J connectivity index is 1.79. The number of nitriles is 1. The predicted molar refractivity (Wildman–Crippen MR) is 118 cm³/mol. The lowest BCUT2D eigenvalue weighted by Gasteiger charge is -2.35. The maximum absolute atomic E-state index is 13.2. The van der Waals surface area contributed by atoms with Gasteiger partial charge in [0.25, 0.3) is 5.91 Å². The molecule has 0 bridgehead atoms. The van der Waals surface area contributed by atoms with Gasteiger partial charge in [-0.25, -0.2) is 0 Å². The molecular weight excluding hydrogens is 428 g/mol. The molecule has 0 saturated carbocycles. The Labute approximate surface area is 189 Å². The topological polar surface area (TPSA) is 149 Å². The van der Waals surface area contributed by atoms with Gasteiger partial charge in [-0.3, -0.25) is 19.2 Å². The van der Waals surface area contributed by atoms with Gasteiger partial charge in [-0.05, 0) is 48.5 Å². The zero-order chi connectivity index (χ0) is 24.0. The number of carboxylic acid groups (broad SMARTS) is 1. The molecular formula is C23H22N4O6. The van der Waals surface area contributed by atoms with E-state index in [4.69, 9.17) is 10.00 Å². The lowest BCUT2D eigenvalue weighted by atomic mass is 9.94. The van der Waals surface area contributed by atoms with E-state index in [2.05, 4.69) is 10.6 Å². The van der Waals surface area contributed by atoms with Crippen LogP contribution in [0.4, 0.5) is 17.1 Å². The van der Waals surface area contributed by atoms with E-state index in [1.165, 1.54) is 36.1 Å². The highest BCUT2D eigenvalue weighted by Gasteiger charge is 2.41. The predicted octanol–water partition coefficient (Wildman–Crippen LogP) is 1.98. The second-order valence-electron chi connectivity index (χ2n) is 7.39. The summed E-state index contributed by atoms with van der Waals surface area (Å²) in [6, 6.07) is 14.6. The third-order valence-corrected chi connectivity index (χ3v) is 5.00. The Morgan fingerprint density at radius 1 is 1.12 bits per heavy atom. The first kappa shape index (κ1) is 23.4. The van der Waals surface area contributed by atoms with E-state index in [0.29, 0.717) is 22.6 Å². The van der Waals surface area contributed by atoms with Crippen LogP contribution in [0.1, 0.15) is 18.9 Å². The summed E-state index contributed by atoms with van der Waals surface area (Å²) in [7, 11) is 0. The molecule has 3 amide bonds. The summed E-state index contributed by atoms with van der Waals surface area (Å²) in [4.78, 5) is 50.1. The second-order valence-corrected chi connectivity index (χ2v) is 7.39. The molecule has 1 aliphatic heterocycles. The minimum atomic E-state index is -1.29. The molecule has 3 N–H and O–H groups in total. The van der Waals surface area contributed by atoms with Crippen LogP contribution < -0.4 is 15.5 Å². The molecule has 0 unspecified atom stereocenters. The number of hydrogen-bond donors (Lipinski definition) is 3. The molecule has 1 saturated heterocycles. The van der Waals surface area contributed by atoms with E-state index >= 15 is 0 Å². The zero-order valence-electron chi connectivity index (χ0n) is 17.8. The maximum Gasteiger partial charge on any atom is 0.304 e. The van der Waals surface area contributed by atoms with Crippen molar-refractivity contribution in [3.8, 4) is 6.07 Å². The first-order chi connectivity index (χ1) is 15.8. The van der Waals surface area contributed by atoms with Crippen molar-refractivity contribution in [2.45, 2.75) is 19.4 Å². The number of aliphatic carboxylic acids is 1. The number of carboxylic acids is 1.